The van der Waals surface area contributed by atoms with Crippen LogP contribution in [0.3, 0.4) is 0 Å². The summed E-state index contributed by atoms with van der Waals surface area (Å²) in [6.07, 6.45) is 3.36. The SMILES string of the molecule is CN.COC(=S)CCCN=C(N)N.c1ccc2ncccc2c1. The molecule has 1 heterocycles. The lowest BCUT2D eigenvalue weighted by atomic mass is 10.2. The number of thiocarbonyl (C=S) groups is 1. The zero-order valence-corrected chi connectivity index (χ0v) is 14.4. The number of para-hydroxylation sites is 1. The molecule has 23 heavy (non-hydrogen) atoms. The van der Waals surface area contributed by atoms with Crippen molar-refractivity contribution in [3.05, 3.63) is 42.6 Å². The van der Waals surface area contributed by atoms with Crippen molar-refractivity contribution in [3.63, 3.8) is 0 Å². The molecule has 0 spiro atoms. The molecule has 0 fully saturated rings. The van der Waals surface area contributed by atoms with Gasteiger partial charge in [0.2, 0.25) is 0 Å². The largest absolute Gasteiger partial charge is 0.490 e. The van der Waals surface area contributed by atoms with Crippen LogP contribution in [0.15, 0.2) is 47.6 Å². The molecule has 2 aromatic rings. The van der Waals surface area contributed by atoms with Crippen molar-refractivity contribution < 1.29 is 4.74 Å². The van der Waals surface area contributed by atoms with Crippen LogP contribution < -0.4 is 17.2 Å². The zero-order valence-electron chi connectivity index (χ0n) is 13.6. The number of hydrogen-bond donors (Lipinski definition) is 3. The van der Waals surface area contributed by atoms with Crippen molar-refractivity contribution >= 4 is 34.1 Å². The predicted molar refractivity (Wildman–Crippen MR) is 101 cm³/mol. The summed E-state index contributed by atoms with van der Waals surface area (Å²) in [4.78, 5) is 7.97. The van der Waals surface area contributed by atoms with Crippen LogP contribution in [0.4, 0.5) is 0 Å². The van der Waals surface area contributed by atoms with Gasteiger partial charge in [-0.1, -0.05) is 24.3 Å². The summed E-state index contributed by atoms with van der Waals surface area (Å²) in [5, 5.41) is 1.79. The van der Waals surface area contributed by atoms with E-state index < -0.39 is 0 Å². The molecule has 0 aliphatic rings. The van der Waals surface area contributed by atoms with E-state index in [2.05, 4.69) is 27.8 Å². The highest BCUT2D eigenvalue weighted by molar-refractivity contribution is 7.80. The molecule has 0 saturated heterocycles. The van der Waals surface area contributed by atoms with E-state index >= 15 is 0 Å². The van der Waals surface area contributed by atoms with E-state index in [1.54, 1.807) is 7.11 Å². The number of pyridine rings is 1. The average molecular weight is 335 g/mol. The summed E-state index contributed by atoms with van der Waals surface area (Å²) in [5.41, 5.74) is 15.8. The first-order valence-corrected chi connectivity index (χ1v) is 7.54. The van der Waals surface area contributed by atoms with Gasteiger partial charge < -0.3 is 21.9 Å². The second kappa shape index (κ2) is 13.4. The van der Waals surface area contributed by atoms with E-state index in [0.717, 1.165) is 18.4 Å². The molecule has 1 aromatic carbocycles. The minimum atomic E-state index is 0.119. The number of aromatic nitrogens is 1. The van der Waals surface area contributed by atoms with E-state index in [4.69, 9.17) is 28.4 Å². The maximum atomic E-state index is 5.11. The number of rotatable bonds is 4. The first-order chi connectivity index (χ1) is 11.1. The van der Waals surface area contributed by atoms with E-state index in [9.17, 15) is 0 Å². The van der Waals surface area contributed by atoms with Crippen LogP contribution in [0.25, 0.3) is 10.9 Å². The minimum absolute atomic E-state index is 0.119. The molecule has 0 atom stereocenters. The highest BCUT2D eigenvalue weighted by Gasteiger charge is 1.93. The highest BCUT2D eigenvalue weighted by atomic mass is 32.1. The second-order valence-corrected chi connectivity index (χ2v) is 4.64. The fourth-order valence-electron chi connectivity index (χ4n) is 1.55. The van der Waals surface area contributed by atoms with Gasteiger partial charge in [-0.25, -0.2) is 0 Å². The lowest BCUT2D eigenvalue weighted by molar-refractivity contribution is 0.401. The van der Waals surface area contributed by atoms with Crippen LogP contribution in [0, 0.1) is 0 Å². The van der Waals surface area contributed by atoms with E-state index in [1.807, 2.05) is 30.5 Å². The number of aliphatic imine (C=N–C) groups is 1. The molecule has 2 rings (SSSR count). The molecule has 1 aromatic heterocycles. The fourth-order valence-corrected chi connectivity index (χ4v) is 1.69. The van der Waals surface area contributed by atoms with E-state index in [-0.39, 0.29) is 5.96 Å². The van der Waals surface area contributed by atoms with Crippen LogP contribution in [0.2, 0.25) is 0 Å². The molecule has 7 heteroatoms. The molecule has 6 nitrogen and oxygen atoms in total. The number of nitrogens with zero attached hydrogens (tertiary/aromatic N) is 2. The Balaban J connectivity index is 0.000000380. The molecular weight excluding hydrogens is 310 g/mol. The van der Waals surface area contributed by atoms with Gasteiger partial charge in [0, 0.05) is 24.5 Å². The zero-order chi connectivity index (χ0) is 17.5. The summed E-state index contributed by atoms with van der Waals surface area (Å²) in [6, 6.07) is 12.1. The Morgan fingerprint density at radius 1 is 1.17 bits per heavy atom. The summed E-state index contributed by atoms with van der Waals surface area (Å²) in [6.45, 7) is 0.603. The van der Waals surface area contributed by atoms with Crippen molar-refractivity contribution in [3.8, 4) is 0 Å². The Morgan fingerprint density at radius 2 is 1.83 bits per heavy atom. The number of guanidine groups is 1. The van der Waals surface area contributed by atoms with Crippen LogP contribution >= 0.6 is 12.2 Å². The summed E-state index contributed by atoms with van der Waals surface area (Å²) < 4.78 is 4.78. The molecular formula is C16H25N5OS. The molecule has 0 bridgehead atoms. The standard InChI is InChI=1S/C9H7N.C6H13N3OS.CH5N/c1-2-6-9-8(4-1)5-3-7-10-9;1-10-5(11)3-2-4-9-6(7)8;1-2/h1-7H;2-4H2,1H3,(H4,7,8,9);2H2,1H3. The monoisotopic (exact) mass is 335 g/mol. The van der Waals surface area contributed by atoms with Gasteiger partial charge in [0.05, 0.1) is 12.6 Å². The van der Waals surface area contributed by atoms with Gasteiger partial charge in [-0.05, 0) is 37.8 Å². The third-order valence-electron chi connectivity index (χ3n) is 2.57. The van der Waals surface area contributed by atoms with Gasteiger partial charge in [-0.15, -0.1) is 0 Å². The fraction of sp³-hybridized carbons (Fsp3) is 0.312. The molecule has 126 valence electrons. The van der Waals surface area contributed by atoms with Crippen LogP contribution in [-0.2, 0) is 4.74 Å². The Kier molecular flexibility index (Phi) is 12.1. The Bertz CT molecular complexity index is 534. The van der Waals surface area contributed by atoms with Gasteiger partial charge in [0.15, 0.2) is 11.0 Å². The average Bonchev–Trinajstić information content (AvgIpc) is 2.60. The smallest absolute Gasteiger partial charge is 0.185 e. The number of benzene rings is 1. The third-order valence-corrected chi connectivity index (χ3v) is 2.94. The van der Waals surface area contributed by atoms with Crippen molar-refractivity contribution in [2.75, 3.05) is 20.7 Å². The summed E-state index contributed by atoms with van der Waals surface area (Å²) in [5.74, 6) is 0.119. The maximum absolute atomic E-state index is 5.11. The summed E-state index contributed by atoms with van der Waals surface area (Å²) in [7, 11) is 3.06. The number of methoxy groups -OCH3 is 1. The lowest BCUT2D eigenvalue weighted by Gasteiger charge is -1.99. The Hall–Kier alpha value is -2.25. The van der Waals surface area contributed by atoms with E-state index in [1.165, 1.54) is 12.4 Å². The number of ether oxygens (including phenoxy) is 1. The van der Waals surface area contributed by atoms with Crippen LogP contribution in [0.5, 0.6) is 0 Å². The van der Waals surface area contributed by atoms with Crippen LogP contribution in [-0.4, -0.2) is 36.7 Å². The molecule has 0 aliphatic heterocycles. The van der Waals surface area contributed by atoms with Crippen molar-refractivity contribution in [1.82, 2.24) is 4.98 Å². The van der Waals surface area contributed by atoms with Crippen molar-refractivity contribution in [2.24, 2.45) is 22.2 Å². The quantitative estimate of drug-likeness (QED) is 0.340. The summed E-state index contributed by atoms with van der Waals surface area (Å²) >= 11 is 4.80. The van der Waals surface area contributed by atoms with Gasteiger partial charge >= 0.3 is 0 Å². The van der Waals surface area contributed by atoms with Gasteiger partial charge in [0.25, 0.3) is 0 Å². The molecule has 0 amide bonds. The van der Waals surface area contributed by atoms with E-state index in [0.29, 0.717) is 11.6 Å². The second-order valence-electron chi connectivity index (χ2n) is 4.18. The number of nitrogens with two attached hydrogens (primary N) is 3. The lowest BCUT2D eigenvalue weighted by Crippen LogP contribution is -2.23. The van der Waals surface area contributed by atoms with Gasteiger partial charge in [-0.2, -0.15) is 0 Å². The number of fused-ring (bicyclic) bond motifs is 1. The molecule has 0 aliphatic carbocycles. The van der Waals surface area contributed by atoms with Gasteiger partial charge in [-0.3, -0.25) is 9.98 Å². The van der Waals surface area contributed by atoms with Gasteiger partial charge in [0.1, 0.15) is 0 Å². The predicted octanol–water partition coefficient (Wildman–Crippen LogP) is 1.82. The first kappa shape index (κ1) is 20.8. The highest BCUT2D eigenvalue weighted by Crippen LogP contribution is 2.07. The topological polar surface area (TPSA) is 113 Å². The molecule has 0 radical (unpaired) electrons. The molecule has 6 N–H and O–H groups in total. The maximum Gasteiger partial charge on any atom is 0.185 e. The first-order valence-electron chi connectivity index (χ1n) is 7.13. The minimum Gasteiger partial charge on any atom is -0.490 e. The molecule has 0 saturated carbocycles. The van der Waals surface area contributed by atoms with Crippen molar-refractivity contribution in [2.45, 2.75) is 12.8 Å². The Morgan fingerprint density at radius 3 is 2.43 bits per heavy atom. The third kappa shape index (κ3) is 10.2. The van der Waals surface area contributed by atoms with Crippen molar-refractivity contribution in [1.29, 1.82) is 0 Å². The Labute approximate surface area is 142 Å². The normalized spacial score (nSPS) is 8.83. The van der Waals surface area contributed by atoms with Crippen LogP contribution in [0.1, 0.15) is 12.8 Å². The number of hydrogen-bond acceptors (Lipinski definition) is 5. The molecule has 0 unspecified atom stereocenters.